The van der Waals surface area contributed by atoms with Crippen LogP contribution in [0.2, 0.25) is 0 Å². The third-order valence-electron chi connectivity index (χ3n) is 5.32. The van der Waals surface area contributed by atoms with E-state index < -0.39 is 0 Å². The highest BCUT2D eigenvalue weighted by atomic mass is 14.5. The van der Waals surface area contributed by atoms with Crippen LogP contribution in [0.1, 0.15) is 22.6 Å². The normalized spacial score (nSPS) is 12.6. The number of hydrogen-bond donors (Lipinski definition) is 1. The Morgan fingerprint density at radius 3 is 1.50 bits per heavy atom. The van der Waals surface area contributed by atoms with Gasteiger partial charge in [0.2, 0.25) is 0 Å². The van der Waals surface area contributed by atoms with E-state index >= 15 is 0 Å². The lowest BCUT2D eigenvalue weighted by molar-refractivity contribution is 1.02. The lowest BCUT2D eigenvalue weighted by Gasteiger charge is -2.15. The number of anilines is 1. The van der Waals surface area contributed by atoms with Gasteiger partial charge in [0.1, 0.15) is 0 Å². The lowest BCUT2D eigenvalue weighted by Crippen LogP contribution is -1.98. The van der Waals surface area contributed by atoms with Crippen molar-refractivity contribution in [3.05, 3.63) is 114 Å². The Balaban J connectivity index is 1.59. The summed E-state index contributed by atoms with van der Waals surface area (Å²) in [5.74, 6) is 0.308. The van der Waals surface area contributed by atoms with Crippen LogP contribution in [-0.2, 0) is 0 Å². The first-order valence-corrected chi connectivity index (χ1v) is 8.95. The molecule has 0 aromatic heterocycles. The van der Waals surface area contributed by atoms with Gasteiger partial charge in [-0.2, -0.15) is 0 Å². The van der Waals surface area contributed by atoms with Gasteiger partial charge in [-0.05, 0) is 51.1 Å². The van der Waals surface area contributed by atoms with Gasteiger partial charge in [-0.25, -0.2) is 0 Å². The molecule has 124 valence electrons. The summed E-state index contributed by atoms with van der Waals surface area (Å²) in [6, 6.07) is 34.5. The molecule has 0 unspecified atom stereocenters. The first-order valence-electron chi connectivity index (χ1n) is 8.95. The number of fused-ring (bicyclic) bond motifs is 3. The summed E-state index contributed by atoms with van der Waals surface area (Å²) >= 11 is 0. The van der Waals surface area contributed by atoms with E-state index in [4.69, 9.17) is 5.73 Å². The summed E-state index contributed by atoms with van der Waals surface area (Å²) in [5, 5.41) is 0. The molecule has 5 rings (SSSR count). The van der Waals surface area contributed by atoms with Crippen LogP contribution in [0.25, 0.3) is 22.3 Å². The van der Waals surface area contributed by atoms with Crippen LogP contribution in [0.15, 0.2) is 97.1 Å². The van der Waals surface area contributed by atoms with Crippen LogP contribution in [0.5, 0.6) is 0 Å². The van der Waals surface area contributed by atoms with Crippen molar-refractivity contribution in [2.24, 2.45) is 0 Å². The van der Waals surface area contributed by atoms with E-state index in [9.17, 15) is 0 Å². The van der Waals surface area contributed by atoms with Gasteiger partial charge in [-0.1, -0.05) is 84.9 Å². The summed E-state index contributed by atoms with van der Waals surface area (Å²) in [4.78, 5) is 0. The molecule has 0 saturated heterocycles. The monoisotopic (exact) mass is 333 g/mol. The van der Waals surface area contributed by atoms with Crippen LogP contribution >= 0.6 is 0 Å². The lowest BCUT2D eigenvalue weighted by atomic mass is 9.88. The largest absolute Gasteiger partial charge is 0.399 e. The molecule has 1 nitrogen and oxygen atoms in total. The maximum Gasteiger partial charge on any atom is 0.0352 e. The summed E-state index contributed by atoms with van der Waals surface area (Å²) in [6.45, 7) is 0. The summed E-state index contributed by atoms with van der Waals surface area (Å²) in [6.07, 6.45) is 0. The molecule has 0 aliphatic heterocycles. The van der Waals surface area contributed by atoms with E-state index in [1.807, 2.05) is 12.1 Å². The van der Waals surface area contributed by atoms with Crippen molar-refractivity contribution in [1.82, 2.24) is 0 Å². The standard InChI is InChI=1S/C25H19N/c26-20-15-13-18(14-16-20)17-9-11-19(12-10-17)25-23-7-3-1-5-21(23)22-6-2-4-8-24(22)25/h1-16,25H,26H2. The van der Waals surface area contributed by atoms with Gasteiger partial charge < -0.3 is 5.73 Å². The van der Waals surface area contributed by atoms with Crippen LogP contribution in [0.3, 0.4) is 0 Å². The summed E-state index contributed by atoms with van der Waals surface area (Å²) in [7, 11) is 0. The van der Waals surface area contributed by atoms with Crippen LogP contribution < -0.4 is 5.73 Å². The molecule has 26 heavy (non-hydrogen) atoms. The molecule has 2 N–H and O–H groups in total. The van der Waals surface area contributed by atoms with Crippen LogP contribution in [0.4, 0.5) is 5.69 Å². The second-order valence-electron chi connectivity index (χ2n) is 6.85. The van der Waals surface area contributed by atoms with Gasteiger partial charge in [-0.3, -0.25) is 0 Å². The number of nitrogens with two attached hydrogens (primary N) is 1. The number of benzene rings is 4. The van der Waals surface area contributed by atoms with Gasteiger partial charge in [0, 0.05) is 11.6 Å². The predicted octanol–water partition coefficient (Wildman–Crippen LogP) is 6.10. The van der Waals surface area contributed by atoms with Crippen molar-refractivity contribution in [2.75, 3.05) is 5.73 Å². The Hall–Kier alpha value is -3.32. The molecule has 0 saturated carbocycles. The van der Waals surface area contributed by atoms with Crippen molar-refractivity contribution >= 4 is 5.69 Å². The average Bonchev–Trinajstić information content (AvgIpc) is 3.03. The van der Waals surface area contributed by atoms with E-state index in [0.29, 0.717) is 5.92 Å². The van der Waals surface area contributed by atoms with Crippen LogP contribution in [-0.4, -0.2) is 0 Å². The third kappa shape index (κ3) is 2.33. The molecule has 1 aliphatic rings. The molecule has 4 aromatic carbocycles. The minimum Gasteiger partial charge on any atom is -0.399 e. The molecule has 0 radical (unpaired) electrons. The van der Waals surface area contributed by atoms with Gasteiger partial charge in [-0.15, -0.1) is 0 Å². The first-order chi connectivity index (χ1) is 12.8. The molecule has 0 fully saturated rings. The Morgan fingerprint density at radius 2 is 0.962 bits per heavy atom. The third-order valence-corrected chi connectivity index (χ3v) is 5.32. The zero-order valence-corrected chi connectivity index (χ0v) is 14.4. The highest BCUT2D eigenvalue weighted by Gasteiger charge is 2.28. The highest BCUT2D eigenvalue weighted by Crippen LogP contribution is 2.47. The fourth-order valence-electron chi connectivity index (χ4n) is 4.06. The van der Waals surface area contributed by atoms with E-state index in [1.165, 1.54) is 38.9 Å². The van der Waals surface area contributed by atoms with Crippen molar-refractivity contribution in [3.8, 4) is 22.3 Å². The van der Waals surface area contributed by atoms with E-state index in [2.05, 4.69) is 84.9 Å². The second-order valence-corrected chi connectivity index (χ2v) is 6.85. The second kappa shape index (κ2) is 5.89. The topological polar surface area (TPSA) is 26.0 Å². The Kier molecular flexibility index (Phi) is 3.39. The number of hydrogen-bond acceptors (Lipinski definition) is 1. The van der Waals surface area contributed by atoms with Crippen molar-refractivity contribution in [1.29, 1.82) is 0 Å². The van der Waals surface area contributed by atoms with Gasteiger partial charge in [0.15, 0.2) is 0 Å². The highest BCUT2D eigenvalue weighted by molar-refractivity contribution is 5.80. The molecule has 1 aliphatic carbocycles. The van der Waals surface area contributed by atoms with Crippen molar-refractivity contribution in [2.45, 2.75) is 5.92 Å². The zero-order chi connectivity index (χ0) is 17.5. The molecule has 0 heterocycles. The molecule has 0 bridgehead atoms. The Bertz CT molecular complexity index is 1030. The van der Waals surface area contributed by atoms with Crippen molar-refractivity contribution < 1.29 is 0 Å². The number of rotatable bonds is 2. The van der Waals surface area contributed by atoms with E-state index in [0.717, 1.165) is 5.69 Å². The molecule has 0 amide bonds. The fraction of sp³-hybridized carbons (Fsp3) is 0.0400. The SMILES string of the molecule is Nc1ccc(-c2ccc(C3c4ccccc4-c4ccccc43)cc2)cc1. The van der Waals surface area contributed by atoms with Gasteiger partial charge >= 0.3 is 0 Å². The molecule has 0 spiro atoms. The molecular weight excluding hydrogens is 314 g/mol. The van der Waals surface area contributed by atoms with Crippen LogP contribution in [0, 0.1) is 0 Å². The summed E-state index contributed by atoms with van der Waals surface area (Å²) in [5.41, 5.74) is 15.8. The first kappa shape index (κ1) is 15.0. The fourth-order valence-corrected chi connectivity index (χ4v) is 4.06. The minimum absolute atomic E-state index is 0.308. The van der Waals surface area contributed by atoms with Gasteiger partial charge in [0.25, 0.3) is 0 Å². The van der Waals surface area contributed by atoms with Gasteiger partial charge in [0.05, 0.1) is 0 Å². The average molecular weight is 333 g/mol. The Labute approximate surface area is 153 Å². The maximum atomic E-state index is 5.80. The predicted molar refractivity (Wildman–Crippen MR) is 109 cm³/mol. The number of nitrogen functional groups attached to an aromatic ring is 1. The van der Waals surface area contributed by atoms with E-state index in [-0.39, 0.29) is 0 Å². The maximum absolute atomic E-state index is 5.80. The zero-order valence-electron chi connectivity index (χ0n) is 14.4. The Morgan fingerprint density at radius 1 is 0.500 bits per heavy atom. The molecule has 0 atom stereocenters. The summed E-state index contributed by atoms with van der Waals surface area (Å²) < 4.78 is 0. The minimum atomic E-state index is 0.308. The van der Waals surface area contributed by atoms with Crippen molar-refractivity contribution in [3.63, 3.8) is 0 Å². The van der Waals surface area contributed by atoms with E-state index in [1.54, 1.807) is 0 Å². The molecule has 4 aromatic rings. The quantitative estimate of drug-likeness (QED) is 0.388. The molecule has 1 heteroatoms. The smallest absolute Gasteiger partial charge is 0.0352 e. The molecular formula is C25H19N.